The summed E-state index contributed by atoms with van der Waals surface area (Å²) in [6, 6.07) is 9.65. The third kappa shape index (κ3) is 4.53. The number of phenols is 1. The Morgan fingerprint density at radius 2 is 1.79 bits per heavy atom. The zero-order chi connectivity index (χ0) is 17.7. The highest BCUT2D eigenvalue weighted by molar-refractivity contribution is 6.30. The SMILES string of the molecule is O=C(CCC(=O)c1ccc(Cl)cc1)Nc1ccc([N+](=O)[O-])cc1O. The van der Waals surface area contributed by atoms with E-state index in [1.807, 2.05) is 0 Å². The van der Waals surface area contributed by atoms with Gasteiger partial charge >= 0.3 is 0 Å². The zero-order valence-electron chi connectivity index (χ0n) is 12.4. The third-order valence-corrected chi connectivity index (χ3v) is 3.46. The number of hydrogen-bond acceptors (Lipinski definition) is 5. The average molecular weight is 349 g/mol. The Hall–Kier alpha value is -2.93. The van der Waals surface area contributed by atoms with Crippen LogP contribution in [0.3, 0.4) is 0 Å². The van der Waals surface area contributed by atoms with Crippen molar-refractivity contribution in [1.29, 1.82) is 0 Å². The summed E-state index contributed by atoms with van der Waals surface area (Å²) in [4.78, 5) is 33.7. The van der Waals surface area contributed by atoms with Gasteiger partial charge in [-0.1, -0.05) is 11.6 Å². The van der Waals surface area contributed by atoms with Crippen molar-refractivity contribution in [2.75, 3.05) is 5.32 Å². The van der Waals surface area contributed by atoms with Gasteiger partial charge in [0.25, 0.3) is 5.69 Å². The molecule has 0 aliphatic rings. The van der Waals surface area contributed by atoms with Gasteiger partial charge in [-0.2, -0.15) is 0 Å². The minimum absolute atomic E-state index is 0.0127. The predicted molar refractivity (Wildman–Crippen MR) is 88.4 cm³/mol. The summed E-state index contributed by atoms with van der Waals surface area (Å²) in [5, 5.41) is 23.2. The number of amides is 1. The van der Waals surface area contributed by atoms with Crippen LogP contribution in [-0.2, 0) is 4.79 Å². The first-order valence-corrected chi connectivity index (χ1v) is 7.30. The number of nitro groups is 1. The Morgan fingerprint density at radius 3 is 2.38 bits per heavy atom. The largest absolute Gasteiger partial charge is 0.506 e. The maximum Gasteiger partial charge on any atom is 0.273 e. The molecule has 0 aliphatic heterocycles. The van der Waals surface area contributed by atoms with E-state index in [4.69, 9.17) is 11.6 Å². The number of carbonyl (C=O) groups excluding carboxylic acids is 2. The molecule has 8 heteroatoms. The highest BCUT2D eigenvalue weighted by Gasteiger charge is 2.13. The van der Waals surface area contributed by atoms with Crippen LogP contribution < -0.4 is 5.32 Å². The molecule has 0 radical (unpaired) electrons. The predicted octanol–water partition coefficient (Wildman–Crippen LogP) is 3.56. The minimum atomic E-state index is -0.657. The number of aromatic hydroxyl groups is 1. The van der Waals surface area contributed by atoms with Crippen LogP contribution in [0.25, 0.3) is 0 Å². The number of anilines is 1. The fourth-order valence-corrected chi connectivity index (χ4v) is 2.09. The van der Waals surface area contributed by atoms with Gasteiger partial charge in [0.05, 0.1) is 16.7 Å². The van der Waals surface area contributed by atoms with Gasteiger partial charge in [0.1, 0.15) is 5.75 Å². The number of hydrogen-bond donors (Lipinski definition) is 2. The molecule has 0 saturated heterocycles. The number of nitro benzene ring substituents is 1. The Balaban J connectivity index is 1.92. The molecule has 2 aromatic carbocycles. The first kappa shape index (κ1) is 17.4. The summed E-state index contributed by atoms with van der Waals surface area (Å²) in [6.07, 6.45) is -0.0981. The van der Waals surface area contributed by atoms with Gasteiger partial charge in [-0.3, -0.25) is 19.7 Å². The average Bonchev–Trinajstić information content (AvgIpc) is 2.55. The van der Waals surface area contributed by atoms with E-state index in [1.165, 1.54) is 6.07 Å². The molecule has 24 heavy (non-hydrogen) atoms. The van der Waals surface area contributed by atoms with Crippen LogP contribution in [0.1, 0.15) is 23.2 Å². The lowest BCUT2D eigenvalue weighted by Crippen LogP contribution is -2.13. The van der Waals surface area contributed by atoms with Gasteiger partial charge in [0, 0.05) is 29.5 Å². The Morgan fingerprint density at radius 1 is 1.12 bits per heavy atom. The highest BCUT2D eigenvalue weighted by Crippen LogP contribution is 2.28. The van der Waals surface area contributed by atoms with Crippen molar-refractivity contribution >= 4 is 34.7 Å². The van der Waals surface area contributed by atoms with Gasteiger partial charge < -0.3 is 10.4 Å². The van der Waals surface area contributed by atoms with Crippen LogP contribution in [0.15, 0.2) is 42.5 Å². The van der Waals surface area contributed by atoms with Crippen LogP contribution in [0.5, 0.6) is 5.75 Å². The second-order valence-corrected chi connectivity index (χ2v) is 5.37. The van der Waals surface area contributed by atoms with E-state index in [0.29, 0.717) is 10.6 Å². The number of halogens is 1. The molecule has 0 unspecified atom stereocenters. The number of ketones is 1. The molecule has 0 fully saturated rings. The van der Waals surface area contributed by atoms with Crippen molar-refractivity contribution in [3.63, 3.8) is 0 Å². The van der Waals surface area contributed by atoms with E-state index in [9.17, 15) is 24.8 Å². The summed E-state index contributed by atoms with van der Waals surface area (Å²) in [5.74, 6) is -1.11. The van der Waals surface area contributed by atoms with E-state index in [2.05, 4.69) is 5.32 Å². The van der Waals surface area contributed by atoms with Crippen LogP contribution in [0, 0.1) is 10.1 Å². The molecule has 0 spiro atoms. The smallest absolute Gasteiger partial charge is 0.273 e. The van der Waals surface area contributed by atoms with Crippen LogP contribution in [0.4, 0.5) is 11.4 Å². The quantitative estimate of drug-likeness (QED) is 0.359. The lowest BCUT2D eigenvalue weighted by Gasteiger charge is -2.07. The topological polar surface area (TPSA) is 110 Å². The summed E-state index contributed by atoms with van der Waals surface area (Å²) in [6.45, 7) is 0. The molecule has 0 saturated carbocycles. The number of non-ortho nitro benzene ring substituents is 1. The molecule has 0 aromatic heterocycles. The van der Waals surface area contributed by atoms with Crippen LogP contribution >= 0.6 is 11.6 Å². The Bertz CT molecular complexity index is 790. The minimum Gasteiger partial charge on any atom is -0.506 e. The molecular weight excluding hydrogens is 336 g/mol. The first-order chi connectivity index (χ1) is 11.4. The fourth-order valence-electron chi connectivity index (χ4n) is 1.96. The number of benzene rings is 2. The van der Waals surface area contributed by atoms with Crippen LogP contribution in [-0.4, -0.2) is 21.7 Å². The normalized spacial score (nSPS) is 10.2. The maximum absolute atomic E-state index is 12.0. The lowest BCUT2D eigenvalue weighted by molar-refractivity contribution is -0.384. The highest BCUT2D eigenvalue weighted by atomic mass is 35.5. The molecular formula is C16H13ClN2O5. The zero-order valence-corrected chi connectivity index (χ0v) is 13.1. The van der Waals surface area contributed by atoms with E-state index in [-0.39, 0.29) is 30.0 Å². The number of rotatable bonds is 6. The molecule has 124 valence electrons. The second kappa shape index (κ2) is 7.56. The van der Waals surface area contributed by atoms with E-state index < -0.39 is 16.6 Å². The second-order valence-electron chi connectivity index (χ2n) is 4.94. The summed E-state index contributed by atoms with van der Waals surface area (Å²) >= 11 is 5.74. The van der Waals surface area contributed by atoms with Crippen molar-refractivity contribution in [3.8, 4) is 5.75 Å². The molecule has 1 amide bonds. The number of carbonyl (C=O) groups is 2. The van der Waals surface area contributed by atoms with Gasteiger partial charge in [0.2, 0.25) is 5.91 Å². The lowest BCUT2D eigenvalue weighted by atomic mass is 10.1. The summed E-state index contributed by atoms with van der Waals surface area (Å²) in [7, 11) is 0. The molecule has 2 N–H and O–H groups in total. The molecule has 0 aliphatic carbocycles. The van der Waals surface area contributed by atoms with Gasteiger partial charge in [-0.25, -0.2) is 0 Å². The molecule has 2 aromatic rings. The Labute approximate surface area is 142 Å². The van der Waals surface area contributed by atoms with E-state index in [1.54, 1.807) is 24.3 Å². The van der Waals surface area contributed by atoms with E-state index in [0.717, 1.165) is 12.1 Å². The number of nitrogens with one attached hydrogen (secondary N) is 1. The fraction of sp³-hybridized carbons (Fsp3) is 0.125. The number of Topliss-reactive ketones (excluding diaryl/α,β-unsaturated/α-hetero) is 1. The number of phenolic OH excluding ortho intramolecular Hbond substituents is 1. The summed E-state index contributed by atoms with van der Waals surface area (Å²) in [5.41, 5.74) is 0.207. The number of nitrogens with zero attached hydrogens (tertiary/aromatic N) is 1. The van der Waals surface area contributed by atoms with Crippen molar-refractivity contribution < 1.29 is 19.6 Å². The van der Waals surface area contributed by atoms with Crippen molar-refractivity contribution in [2.24, 2.45) is 0 Å². The Kier molecular flexibility index (Phi) is 5.49. The van der Waals surface area contributed by atoms with Gasteiger partial charge in [0.15, 0.2) is 5.78 Å². The van der Waals surface area contributed by atoms with Crippen molar-refractivity contribution in [1.82, 2.24) is 0 Å². The maximum atomic E-state index is 12.0. The standard InChI is InChI=1S/C16H13ClN2O5/c17-11-3-1-10(2-4-11)14(20)7-8-16(22)18-13-6-5-12(19(23)24)9-15(13)21/h1-6,9,21H,7-8H2,(H,18,22). The van der Waals surface area contributed by atoms with E-state index >= 15 is 0 Å². The molecule has 7 nitrogen and oxygen atoms in total. The summed E-state index contributed by atoms with van der Waals surface area (Å²) < 4.78 is 0. The molecule has 0 bridgehead atoms. The van der Waals surface area contributed by atoms with Crippen molar-refractivity contribution in [2.45, 2.75) is 12.8 Å². The molecule has 2 rings (SSSR count). The molecule has 0 atom stereocenters. The van der Waals surface area contributed by atoms with Gasteiger partial charge in [-0.05, 0) is 30.3 Å². The third-order valence-electron chi connectivity index (χ3n) is 3.21. The molecule has 0 heterocycles. The van der Waals surface area contributed by atoms with Gasteiger partial charge in [-0.15, -0.1) is 0 Å². The monoisotopic (exact) mass is 348 g/mol. The van der Waals surface area contributed by atoms with Crippen molar-refractivity contribution in [3.05, 3.63) is 63.2 Å². The first-order valence-electron chi connectivity index (χ1n) is 6.93. The van der Waals surface area contributed by atoms with Crippen LogP contribution in [0.2, 0.25) is 5.02 Å².